The fraction of sp³-hybridized carbons (Fsp3) is 0.0909. The Bertz CT molecular complexity index is 495. The Morgan fingerprint density at radius 3 is 2.31 bits per heavy atom. The van der Waals surface area contributed by atoms with Crippen molar-refractivity contribution in [3.63, 3.8) is 0 Å². The molecule has 16 heavy (non-hydrogen) atoms. The lowest BCUT2D eigenvalue weighted by Gasteiger charge is -2.09. The average molecular weight is 277 g/mol. The summed E-state index contributed by atoms with van der Waals surface area (Å²) in [6, 6.07) is 7.23. The van der Waals surface area contributed by atoms with Gasteiger partial charge in [0.05, 0.1) is 4.34 Å². The molecule has 1 N–H and O–H groups in total. The van der Waals surface area contributed by atoms with Crippen molar-refractivity contribution in [2.45, 2.75) is 6.10 Å². The van der Waals surface area contributed by atoms with Crippen LogP contribution in [0.15, 0.2) is 30.3 Å². The van der Waals surface area contributed by atoms with E-state index < -0.39 is 6.10 Å². The van der Waals surface area contributed by atoms with Crippen molar-refractivity contribution >= 4 is 34.5 Å². The lowest BCUT2D eigenvalue weighted by molar-refractivity contribution is 0.221. The molecule has 0 amide bonds. The molecule has 0 aliphatic carbocycles. The van der Waals surface area contributed by atoms with Crippen molar-refractivity contribution in [3.05, 3.63) is 55.9 Å². The largest absolute Gasteiger partial charge is 0.384 e. The number of aliphatic hydroxyl groups is 1. The molecule has 0 aliphatic heterocycles. The summed E-state index contributed by atoms with van der Waals surface area (Å²) in [7, 11) is 0. The maximum absolute atomic E-state index is 12.7. The maximum atomic E-state index is 12.7. The van der Waals surface area contributed by atoms with E-state index in [0.717, 1.165) is 0 Å². The van der Waals surface area contributed by atoms with Crippen molar-refractivity contribution in [2.75, 3.05) is 0 Å². The second-order valence-corrected chi connectivity index (χ2v) is 5.52. The Balaban J connectivity index is 2.35. The summed E-state index contributed by atoms with van der Waals surface area (Å²) in [5.41, 5.74) is 1.13. The van der Waals surface area contributed by atoms with Gasteiger partial charge >= 0.3 is 0 Å². The molecule has 1 nitrogen and oxygen atoms in total. The van der Waals surface area contributed by atoms with Crippen LogP contribution >= 0.6 is 34.5 Å². The molecular weight excluding hydrogens is 270 g/mol. The van der Waals surface area contributed by atoms with E-state index in [1.54, 1.807) is 6.07 Å². The summed E-state index contributed by atoms with van der Waals surface area (Å²) in [5.74, 6) is -0.342. The number of halogens is 3. The normalized spacial score (nSPS) is 12.8. The van der Waals surface area contributed by atoms with Crippen molar-refractivity contribution in [1.29, 1.82) is 0 Å². The fourth-order valence-corrected chi connectivity index (χ4v) is 2.88. The van der Waals surface area contributed by atoms with Crippen LogP contribution < -0.4 is 0 Å². The van der Waals surface area contributed by atoms with Gasteiger partial charge in [0, 0.05) is 5.56 Å². The minimum atomic E-state index is -0.878. The van der Waals surface area contributed by atoms with Crippen LogP contribution in [0.1, 0.15) is 17.2 Å². The summed E-state index contributed by atoms with van der Waals surface area (Å²) < 4.78 is 13.7. The molecule has 1 unspecified atom stereocenters. The predicted octanol–water partition coefficient (Wildman–Crippen LogP) is 4.28. The van der Waals surface area contributed by atoms with Crippen LogP contribution in [0.2, 0.25) is 8.67 Å². The first-order chi connectivity index (χ1) is 7.58. The highest BCUT2D eigenvalue weighted by atomic mass is 35.5. The van der Waals surface area contributed by atoms with E-state index in [1.165, 1.54) is 35.6 Å². The van der Waals surface area contributed by atoms with E-state index >= 15 is 0 Å². The van der Waals surface area contributed by atoms with Gasteiger partial charge in [0.2, 0.25) is 0 Å². The van der Waals surface area contributed by atoms with Crippen LogP contribution in [0, 0.1) is 5.82 Å². The third-order valence-electron chi connectivity index (χ3n) is 2.16. The molecule has 0 fully saturated rings. The Hall–Kier alpha value is -0.610. The Labute approximate surface area is 106 Å². The second-order valence-electron chi connectivity index (χ2n) is 3.23. The number of hydrogen-bond acceptors (Lipinski definition) is 2. The topological polar surface area (TPSA) is 20.2 Å². The molecule has 0 saturated heterocycles. The van der Waals surface area contributed by atoms with Crippen molar-refractivity contribution in [1.82, 2.24) is 0 Å². The zero-order chi connectivity index (χ0) is 11.7. The first-order valence-corrected chi connectivity index (χ1v) is 6.03. The monoisotopic (exact) mass is 276 g/mol. The fourth-order valence-electron chi connectivity index (χ4n) is 1.36. The van der Waals surface area contributed by atoms with E-state index in [4.69, 9.17) is 23.2 Å². The predicted molar refractivity (Wildman–Crippen MR) is 64.8 cm³/mol. The highest BCUT2D eigenvalue weighted by Gasteiger charge is 2.16. The van der Waals surface area contributed by atoms with Gasteiger partial charge < -0.3 is 5.11 Å². The maximum Gasteiger partial charge on any atom is 0.123 e. The van der Waals surface area contributed by atoms with Gasteiger partial charge in [0.1, 0.15) is 16.3 Å². The van der Waals surface area contributed by atoms with Gasteiger partial charge in [0.15, 0.2) is 0 Å². The summed E-state index contributed by atoms with van der Waals surface area (Å²) in [6.45, 7) is 0. The number of hydrogen-bond donors (Lipinski definition) is 1. The molecule has 0 spiro atoms. The number of benzene rings is 1. The third-order valence-corrected chi connectivity index (χ3v) is 3.68. The molecule has 5 heteroatoms. The van der Waals surface area contributed by atoms with Gasteiger partial charge in [-0.15, -0.1) is 11.3 Å². The lowest BCUT2D eigenvalue weighted by Crippen LogP contribution is -1.98. The van der Waals surface area contributed by atoms with Crippen molar-refractivity contribution in [3.8, 4) is 0 Å². The number of thiophene rings is 1. The van der Waals surface area contributed by atoms with E-state index in [2.05, 4.69) is 0 Å². The summed E-state index contributed by atoms with van der Waals surface area (Å²) in [4.78, 5) is 0. The summed E-state index contributed by atoms with van der Waals surface area (Å²) >= 11 is 12.9. The van der Waals surface area contributed by atoms with Crippen molar-refractivity contribution < 1.29 is 9.50 Å². The molecule has 84 valence electrons. The molecule has 0 bridgehead atoms. The molecule has 0 radical (unpaired) electrons. The molecule has 1 atom stereocenters. The van der Waals surface area contributed by atoms with Crippen LogP contribution in [0.4, 0.5) is 4.39 Å². The molecule has 1 aromatic heterocycles. The highest BCUT2D eigenvalue weighted by Crippen LogP contribution is 2.37. The van der Waals surface area contributed by atoms with Crippen LogP contribution in [0.3, 0.4) is 0 Å². The van der Waals surface area contributed by atoms with Crippen LogP contribution in [0.25, 0.3) is 0 Å². The molecular formula is C11H7Cl2FOS. The summed E-state index contributed by atoms with van der Waals surface area (Å²) in [6.07, 6.45) is -0.878. The Morgan fingerprint density at radius 1 is 1.19 bits per heavy atom. The molecule has 0 saturated carbocycles. The van der Waals surface area contributed by atoms with Crippen LogP contribution in [0.5, 0.6) is 0 Å². The SMILES string of the molecule is OC(c1ccc(F)cc1)c1cc(Cl)sc1Cl. The zero-order valence-electron chi connectivity index (χ0n) is 7.95. The minimum Gasteiger partial charge on any atom is -0.384 e. The van der Waals surface area contributed by atoms with Gasteiger partial charge in [-0.1, -0.05) is 35.3 Å². The second kappa shape index (κ2) is 4.72. The number of aliphatic hydroxyl groups excluding tert-OH is 1. The minimum absolute atomic E-state index is 0.342. The van der Waals surface area contributed by atoms with Gasteiger partial charge in [-0.05, 0) is 23.8 Å². The van der Waals surface area contributed by atoms with Gasteiger partial charge in [-0.25, -0.2) is 4.39 Å². The Morgan fingerprint density at radius 2 is 1.81 bits per heavy atom. The van der Waals surface area contributed by atoms with Gasteiger partial charge in [0.25, 0.3) is 0 Å². The van der Waals surface area contributed by atoms with E-state index in [-0.39, 0.29) is 5.82 Å². The number of rotatable bonds is 2. The molecule has 0 aliphatic rings. The highest BCUT2D eigenvalue weighted by molar-refractivity contribution is 7.20. The first-order valence-electron chi connectivity index (χ1n) is 4.46. The Kier molecular flexibility index (Phi) is 3.50. The standard InChI is InChI=1S/C11H7Cl2FOS/c12-9-5-8(11(13)16-9)10(15)6-1-3-7(14)4-2-6/h1-5,10,15H. The van der Waals surface area contributed by atoms with Gasteiger partial charge in [-0.2, -0.15) is 0 Å². The molecule has 2 rings (SSSR count). The average Bonchev–Trinajstić information content (AvgIpc) is 2.58. The van der Waals surface area contributed by atoms with Gasteiger partial charge in [-0.3, -0.25) is 0 Å². The van der Waals surface area contributed by atoms with Crippen LogP contribution in [-0.4, -0.2) is 5.11 Å². The quantitative estimate of drug-likeness (QED) is 0.868. The first kappa shape index (κ1) is 11.9. The third kappa shape index (κ3) is 2.38. The lowest BCUT2D eigenvalue weighted by atomic mass is 10.0. The molecule has 1 aromatic carbocycles. The molecule has 1 heterocycles. The zero-order valence-corrected chi connectivity index (χ0v) is 10.3. The molecule has 2 aromatic rings. The van der Waals surface area contributed by atoms with E-state index in [9.17, 15) is 9.50 Å². The van der Waals surface area contributed by atoms with E-state index in [1.807, 2.05) is 0 Å². The smallest absolute Gasteiger partial charge is 0.123 e. The van der Waals surface area contributed by atoms with Crippen molar-refractivity contribution in [2.24, 2.45) is 0 Å². The van der Waals surface area contributed by atoms with Crippen LogP contribution in [-0.2, 0) is 0 Å². The summed E-state index contributed by atoms with van der Waals surface area (Å²) in [5, 5.41) is 10.0. The van der Waals surface area contributed by atoms with E-state index in [0.29, 0.717) is 19.8 Å².